The third-order valence-electron chi connectivity index (χ3n) is 3.89. The number of nitrogens with one attached hydrogen (secondary N) is 1. The Bertz CT molecular complexity index is 453. The van der Waals surface area contributed by atoms with Crippen molar-refractivity contribution in [3.05, 3.63) is 22.4 Å². The Morgan fingerprint density at radius 2 is 2.25 bits per heavy atom. The summed E-state index contributed by atoms with van der Waals surface area (Å²) in [5.74, 6) is 0.536. The molecule has 0 aromatic carbocycles. The molecule has 2 rings (SSSR count). The summed E-state index contributed by atoms with van der Waals surface area (Å²) in [6, 6.07) is 2.08. The van der Waals surface area contributed by atoms with Crippen molar-refractivity contribution in [2.45, 2.75) is 45.7 Å². The van der Waals surface area contributed by atoms with Crippen LogP contribution in [0.5, 0.6) is 0 Å². The number of carbonyl (C=O) groups is 1. The Labute approximate surface area is 129 Å². The number of halogens is 1. The van der Waals surface area contributed by atoms with Crippen molar-refractivity contribution < 1.29 is 9.53 Å². The zero-order valence-electron chi connectivity index (χ0n) is 12.2. The molecule has 0 spiro atoms. The van der Waals surface area contributed by atoms with Crippen molar-refractivity contribution >= 4 is 21.8 Å². The first-order valence-corrected chi connectivity index (χ1v) is 8.15. The van der Waals surface area contributed by atoms with E-state index < -0.39 is 0 Å². The van der Waals surface area contributed by atoms with Crippen LogP contribution in [0, 0.1) is 5.92 Å². The molecule has 1 aromatic heterocycles. The average molecular weight is 343 g/mol. The highest BCUT2D eigenvalue weighted by molar-refractivity contribution is 9.10. The maximum atomic E-state index is 12.4. The van der Waals surface area contributed by atoms with Crippen LogP contribution in [0.2, 0.25) is 0 Å². The van der Waals surface area contributed by atoms with E-state index in [1.165, 1.54) is 0 Å². The van der Waals surface area contributed by atoms with Gasteiger partial charge in [0.25, 0.3) is 5.91 Å². The van der Waals surface area contributed by atoms with Gasteiger partial charge in [-0.25, -0.2) is 0 Å². The fourth-order valence-electron chi connectivity index (χ4n) is 2.71. The van der Waals surface area contributed by atoms with Crippen LogP contribution in [0.4, 0.5) is 0 Å². The van der Waals surface area contributed by atoms with Crippen molar-refractivity contribution in [1.29, 1.82) is 0 Å². The first kappa shape index (κ1) is 15.6. The molecule has 0 bridgehead atoms. The molecular formula is C15H23BrN2O2. The van der Waals surface area contributed by atoms with Crippen LogP contribution in [-0.4, -0.2) is 29.7 Å². The molecule has 1 unspecified atom stereocenters. The number of nitrogens with zero attached hydrogens (tertiary/aromatic N) is 1. The molecular weight excluding hydrogens is 320 g/mol. The maximum absolute atomic E-state index is 12.4. The minimum absolute atomic E-state index is 0.0168. The lowest BCUT2D eigenvalue weighted by Gasteiger charge is -2.28. The molecule has 1 atom stereocenters. The zero-order chi connectivity index (χ0) is 14.5. The van der Waals surface area contributed by atoms with Crippen molar-refractivity contribution in [2.24, 2.45) is 5.92 Å². The van der Waals surface area contributed by atoms with E-state index in [2.05, 4.69) is 35.1 Å². The third kappa shape index (κ3) is 3.85. The quantitative estimate of drug-likeness (QED) is 0.892. The first-order chi connectivity index (χ1) is 9.61. The lowest BCUT2D eigenvalue weighted by molar-refractivity contribution is 0.0537. The third-order valence-corrected chi connectivity index (χ3v) is 4.33. The van der Waals surface area contributed by atoms with E-state index in [-0.39, 0.29) is 11.9 Å². The molecule has 2 heterocycles. The molecule has 1 saturated heterocycles. The van der Waals surface area contributed by atoms with Gasteiger partial charge in [-0.15, -0.1) is 0 Å². The second-order valence-corrected chi connectivity index (χ2v) is 6.36. The van der Waals surface area contributed by atoms with Gasteiger partial charge in [-0.2, -0.15) is 0 Å². The highest BCUT2D eigenvalue weighted by atomic mass is 79.9. The molecule has 5 heteroatoms. The number of aryl methyl sites for hydroxylation is 1. The van der Waals surface area contributed by atoms with Crippen molar-refractivity contribution in [3.63, 3.8) is 0 Å². The number of rotatable bonds is 5. The molecule has 1 fully saturated rings. The van der Waals surface area contributed by atoms with Crippen LogP contribution in [-0.2, 0) is 11.3 Å². The Hall–Kier alpha value is -0.810. The van der Waals surface area contributed by atoms with Gasteiger partial charge in [0.05, 0.1) is 0 Å². The number of aromatic nitrogens is 1. The van der Waals surface area contributed by atoms with Gasteiger partial charge >= 0.3 is 0 Å². The van der Waals surface area contributed by atoms with Gasteiger partial charge in [0.15, 0.2) is 0 Å². The summed E-state index contributed by atoms with van der Waals surface area (Å²) in [6.45, 7) is 6.68. The minimum atomic E-state index is 0.0168. The SMILES string of the molecule is CCCn1cc(Br)cc1C(=O)NC(C)C1CCOCC1. The van der Waals surface area contributed by atoms with Crippen LogP contribution >= 0.6 is 15.9 Å². The molecule has 1 aromatic rings. The lowest BCUT2D eigenvalue weighted by atomic mass is 9.93. The van der Waals surface area contributed by atoms with Gasteiger partial charge in [0, 0.05) is 36.5 Å². The highest BCUT2D eigenvalue weighted by Gasteiger charge is 2.23. The summed E-state index contributed by atoms with van der Waals surface area (Å²) >= 11 is 3.45. The normalized spacial score (nSPS) is 17.9. The maximum Gasteiger partial charge on any atom is 0.268 e. The molecule has 0 radical (unpaired) electrons. The molecule has 4 nitrogen and oxygen atoms in total. The van der Waals surface area contributed by atoms with E-state index >= 15 is 0 Å². The summed E-state index contributed by atoms with van der Waals surface area (Å²) in [4.78, 5) is 12.4. The predicted octanol–water partition coefficient (Wildman–Crippen LogP) is 3.21. The number of carbonyl (C=O) groups excluding carboxylic acids is 1. The van der Waals surface area contributed by atoms with Crippen molar-refractivity contribution in [3.8, 4) is 0 Å². The molecule has 1 aliphatic rings. The smallest absolute Gasteiger partial charge is 0.268 e. The number of amides is 1. The topological polar surface area (TPSA) is 43.3 Å². The Kier molecular flexibility index (Phi) is 5.66. The molecule has 20 heavy (non-hydrogen) atoms. The fourth-order valence-corrected chi connectivity index (χ4v) is 3.17. The van der Waals surface area contributed by atoms with Crippen LogP contribution in [0.25, 0.3) is 0 Å². The largest absolute Gasteiger partial charge is 0.381 e. The van der Waals surface area contributed by atoms with Crippen molar-refractivity contribution in [1.82, 2.24) is 9.88 Å². The summed E-state index contributed by atoms with van der Waals surface area (Å²) in [5, 5.41) is 3.14. The van der Waals surface area contributed by atoms with E-state index in [4.69, 9.17) is 4.74 Å². The van der Waals surface area contributed by atoms with Crippen LogP contribution < -0.4 is 5.32 Å². The Balaban J connectivity index is 2.00. The highest BCUT2D eigenvalue weighted by Crippen LogP contribution is 2.20. The van der Waals surface area contributed by atoms with Gasteiger partial charge in [0.2, 0.25) is 0 Å². The molecule has 0 saturated carbocycles. The van der Waals surface area contributed by atoms with Gasteiger partial charge in [-0.1, -0.05) is 6.92 Å². The standard InChI is InChI=1S/C15H23BrN2O2/c1-3-6-18-10-13(16)9-14(18)15(19)17-11(2)12-4-7-20-8-5-12/h9-12H,3-8H2,1-2H3,(H,17,19). The number of hydrogen-bond acceptors (Lipinski definition) is 2. The van der Waals surface area contributed by atoms with E-state index in [0.717, 1.165) is 49.2 Å². The molecule has 1 N–H and O–H groups in total. The number of hydrogen-bond donors (Lipinski definition) is 1. The lowest BCUT2D eigenvalue weighted by Crippen LogP contribution is -2.40. The van der Waals surface area contributed by atoms with Crippen molar-refractivity contribution in [2.75, 3.05) is 13.2 Å². The first-order valence-electron chi connectivity index (χ1n) is 7.36. The molecule has 1 amide bonds. The van der Waals surface area contributed by atoms with Crippen LogP contribution in [0.3, 0.4) is 0 Å². The van der Waals surface area contributed by atoms with E-state index in [0.29, 0.717) is 5.92 Å². The number of ether oxygens (including phenoxy) is 1. The Morgan fingerprint density at radius 3 is 2.90 bits per heavy atom. The molecule has 0 aliphatic carbocycles. The second kappa shape index (κ2) is 7.27. The summed E-state index contributed by atoms with van der Waals surface area (Å²) in [7, 11) is 0. The predicted molar refractivity (Wildman–Crippen MR) is 82.9 cm³/mol. The van der Waals surface area contributed by atoms with E-state index in [9.17, 15) is 4.79 Å². The van der Waals surface area contributed by atoms with Gasteiger partial charge < -0.3 is 14.6 Å². The summed E-state index contributed by atoms with van der Waals surface area (Å²) in [5.41, 5.74) is 0.734. The summed E-state index contributed by atoms with van der Waals surface area (Å²) in [6.07, 6.45) is 5.04. The van der Waals surface area contributed by atoms with Gasteiger partial charge in [0.1, 0.15) is 5.69 Å². The second-order valence-electron chi connectivity index (χ2n) is 5.45. The summed E-state index contributed by atoms with van der Waals surface area (Å²) < 4.78 is 8.33. The minimum Gasteiger partial charge on any atom is -0.381 e. The zero-order valence-corrected chi connectivity index (χ0v) is 13.8. The Morgan fingerprint density at radius 1 is 1.55 bits per heavy atom. The fraction of sp³-hybridized carbons (Fsp3) is 0.667. The molecule has 112 valence electrons. The molecule has 1 aliphatic heterocycles. The van der Waals surface area contributed by atoms with Gasteiger partial charge in [-0.3, -0.25) is 4.79 Å². The van der Waals surface area contributed by atoms with Crippen LogP contribution in [0.15, 0.2) is 16.7 Å². The van der Waals surface area contributed by atoms with E-state index in [1.54, 1.807) is 0 Å². The van der Waals surface area contributed by atoms with Gasteiger partial charge in [-0.05, 0) is 54.1 Å². The average Bonchev–Trinajstić information content (AvgIpc) is 2.81. The van der Waals surface area contributed by atoms with E-state index in [1.807, 2.05) is 16.8 Å². The monoisotopic (exact) mass is 342 g/mol. The van der Waals surface area contributed by atoms with Crippen LogP contribution in [0.1, 0.15) is 43.6 Å².